The molecule has 0 N–H and O–H groups in total. The van der Waals surface area contributed by atoms with E-state index in [9.17, 15) is 0 Å². The zero-order chi connectivity index (χ0) is 15.5. The second-order valence-electron chi connectivity index (χ2n) is 5.62. The predicted molar refractivity (Wildman–Crippen MR) is 89.3 cm³/mol. The lowest BCUT2D eigenvalue weighted by atomic mass is 10.1. The van der Waals surface area contributed by atoms with Crippen molar-refractivity contribution >= 4 is 17.2 Å². The Morgan fingerprint density at radius 2 is 1.82 bits per heavy atom. The standard InChI is InChI=1S/C18H20N4/c1-4-14-8-10-15(11-9-14)20-21-18-17(13(2)3)19-16-7-5-6-12-22(16)18/h5-13H,4H2,1-3H3. The molecule has 3 rings (SSSR count). The van der Waals surface area contributed by atoms with Gasteiger partial charge in [0.2, 0.25) is 0 Å². The Balaban J connectivity index is 2.01. The van der Waals surface area contributed by atoms with E-state index in [0.717, 1.165) is 29.3 Å². The lowest BCUT2D eigenvalue weighted by Crippen LogP contribution is -1.87. The summed E-state index contributed by atoms with van der Waals surface area (Å²) in [6.45, 7) is 6.39. The fourth-order valence-corrected chi connectivity index (χ4v) is 2.39. The second-order valence-corrected chi connectivity index (χ2v) is 5.62. The lowest BCUT2D eigenvalue weighted by molar-refractivity contribution is 0.831. The van der Waals surface area contributed by atoms with E-state index in [0.29, 0.717) is 5.92 Å². The van der Waals surface area contributed by atoms with Gasteiger partial charge in [-0.2, -0.15) is 0 Å². The van der Waals surface area contributed by atoms with Crippen molar-refractivity contribution in [1.82, 2.24) is 9.38 Å². The van der Waals surface area contributed by atoms with Crippen LogP contribution in [-0.2, 0) is 6.42 Å². The van der Waals surface area contributed by atoms with Gasteiger partial charge < -0.3 is 0 Å². The molecule has 0 radical (unpaired) electrons. The van der Waals surface area contributed by atoms with E-state index in [1.54, 1.807) is 0 Å². The molecule has 0 saturated carbocycles. The minimum Gasteiger partial charge on any atom is -0.283 e. The number of nitrogens with zero attached hydrogens (tertiary/aromatic N) is 4. The fraction of sp³-hybridized carbons (Fsp3) is 0.278. The zero-order valence-corrected chi connectivity index (χ0v) is 13.2. The quantitative estimate of drug-likeness (QED) is 0.591. The normalized spacial score (nSPS) is 11.8. The van der Waals surface area contributed by atoms with Gasteiger partial charge in [0.1, 0.15) is 5.65 Å². The summed E-state index contributed by atoms with van der Waals surface area (Å²) in [5, 5.41) is 8.85. The number of imidazole rings is 1. The van der Waals surface area contributed by atoms with Gasteiger partial charge in [0.15, 0.2) is 5.82 Å². The molecule has 0 bridgehead atoms. The first-order valence-corrected chi connectivity index (χ1v) is 7.66. The molecule has 3 aromatic rings. The molecule has 0 unspecified atom stereocenters. The van der Waals surface area contributed by atoms with E-state index in [1.807, 2.05) is 40.9 Å². The van der Waals surface area contributed by atoms with Crippen molar-refractivity contribution in [3.63, 3.8) is 0 Å². The van der Waals surface area contributed by atoms with Crippen LogP contribution in [0.5, 0.6) is 0 Å². The Bertz CT molecular complexity index is 798. The molecule has 4 heteroatoms. The van der Waals surface area contributed by atoms with E-state index in [-0.39, 0.29) is 0 Å². The summed E-state index contributed by atoms with van der Waals surface area (Å²) >= 11 is 0. The number of azo groups is 1. The third kappa shape index (κ3) is 2.77. The first kappa shape index (κ1) is 14.4. The monoisotopic (exact) mass is 292 g/mol. The van der Waals surface area contributed by atoms with Gasteiger partial charge >= 0.3 is 0 Å². The van der Waals surface area contributed by atoms with Crippen molar-refractivity contribution in [1.29, 1.82) is 0 Å². The number of benzene rings is 1. The molecule has 1 aromatic carbocycles. The summed E-state index contributed by atoms with van der Waals surface area (Å²) in [6, 6.07) is 14.1. The molecular weight excluding hydrogens is 272 g/mol. The molecule has 0 amide bonds. The Labute approximate surface area is 130 Å². The highest BCUT2D eigenvalue weighted by Gasteiger charge is 2.14. The highest BCUT2D eigenvalue weighted by molar-refractivity contribution is 5.53. The van der Waals surface area contributed by atoms with Gasteiger partial charge in [-0.1, -0.05) is 39.0 Å². The minimum atomic E-state index is 0.302. The Hall–Kier alpha value is -2.49. The third-order valence-corrected chi connectivity index (χ3v) is 3.68. The average molecular weight is 292 g/mol. The number of hydrogen-bond donors (Lipinski definition) is 0. The van der Waals surface area contributed by atoms with Crippen LogP contribution in [0, 0.1) is 0 Å². The van der Waals surface area contributed by atoms with Crippen molar-refractivity contribution < 1.29 is 0 Å². The van der Waals surface area contributed by atoms with Crippen LogP contribution >= 0.6 is 0 Å². The molecule has 2 aromatic heterocycles. The van der Waals surface area contributed by atoms with Crippen molar-refractivity contribution in [2.45, 2.75) is 33.1 Å². The number of aryl methyl sites for hydroxylation is 1. The van der Waals surface area contributed by atoms with Crippen LogP contribution in [-0.4, -0.2) is 9.38 Å². The largest absolute Gasteiger partial charge is 0.283 e. The van der Waals surface area contributed by atoms with Gasteiger partial charge in [0.05, 0.1) is 11.4 Å². The Kier molecular flexibility index (Phi) is 4.00. The first-order valence-electron chi connectivity index (χ1n) is 7.66. The predicted octanol–water partition coefficient (Wildman–Crippen LogP) is 5.44. The summed E-state index contributed by atoms with van der Waals surface area (Å²) in [5.74, 6) is 1.11. The van der Waals surface area contributed by atoms with Crippen LogP contribution in [0.15, 0.2) is 58.9 Å². The number of pyridine rings is 1. The molecule has 0 aliphatic heterocycles. The van der Waals surface area contributed by atoms with Crippen molar-refractivity contribution in [2.24, 2.45) is 10.2 Å². The molecule has 112 valence electrons. The average Bonchev–Trinajstić information content (AvgIpc) is 2.92. The highest BCUT2D eigenvalue weighted by Crippen LogP contribution is 2.29. The summed E-state index contributed by atoms with van der Waals surface area (Å²) in [7, 11) is 0. The second kappa shape index (κ2) is 6.10. The van der Waals surface area contributed by atoms with E-state index in [2.05, 4.69) is 48.1 Å². The van der Waals surface area contributed by atoms with E-state index in [4.69, 9.17) is 0 Å². The van der Waals surface area contributed by atoms with E-state index < -0.39 is 0 Å². The number of rotatable bonds is 4. The van der Waals surface area contributed by atoms with Crippen molar-refractivity contribution in [3.8, 4) is 0 Å². The van der Waals surface area contributed by atoms with Gasteiger partial charge in [0, 0.05) is 6.20 Å². The summed E-state index contributed by atoms with van der Waals surface area (Å²) in [6.07, 6.45) is 3.00. The molecule has 0 aliphatic rings. The van der Waals surface area contributed by atoms with Crippen LogP contribution in [0.25, 0.3) is 5.65 Å². The molecular formula is C18H20N4. The van der Waals surface area contributed by atoms with Crippen molar-refractivity contribution in [3.05, 3.63) is 59.9 Å². The van der Waals surface area contributed by atoms with E-state index >= 15 is 0 Å². The van der Waals surface area contributed by atoms with Crippen LogP contribution in [0.1, 0.15) is 37.9 Å². The number of aromatic nitrogens is 2. The molecule has 2 heterocycles. The van der Waals surface area contributed by atoms with Crippen LogP contribution in [0.4, 0.5) is 11.5 Å². The smallest absolute Gasteiger partial charge is 0.183 e. The van der Waals surface area contributed by atoms with Gasteiger partial charge in [-0.3, -0.25) is 4.40 Å². The van der Waals surface area contributed by atoms with Gasteiger partial charge in [-0.05, 0) is 42.2 Å². The van der Waals surface area contributed by atoms with Crippen LogP contribution in [0.3, 0.4) is 0 Å². The van der Waals surface area contributed by atoms with Gasteiger partial charge in [0.25, 0.3) is 0 Å². The molecule has 0 atom stereocenters. The molecule has 4 nitrogen and oxygen atoms in total. The molecule has 0 spiro atoms. The lowest BCUT2D eigenvalue weighted by Gasteiger charge is -2.01. The van der Waals surface area contributed by atoms with Gasteiger partial charge in [-0.25, -0.2) is 4.98 Å². The fourth-order valence-electron chi connectivity index (χ4n) is 2.39. The maximum Gasteiger partial charge on any atom is 0.183 e. The van der Waals surface area contributed by atoms with Gasteiger partial charge in [-0.15, -0.1) is 10.2 Å². The SMILES string of the molecule is CCc1ccc(N=Nc2c(C(C)C)nc3ccccn23)cc1. The Morgan fingerprint density at radius 1 is 1.05 bits per heavy atom. The summed E-state index contributed by atoms with van der Waals surface area (Å²) < 4.78 is 1.99. The minimum absolute atomic E-state index is 0.302. The summed E-state index contributed by atoms with van der Waals surface area (Å²) in [4.78, 5) is 4.66. The topological polar surface area (TPSA) is 42.0 Å². The van der Waals surface area contributed by atoms with Crippen molar-refractivity contribution in [2.75, 3.05) is 0 Å². The zero-order valence-electron chi connectivity index (χ0n) is 13.2. The first-order chi connectivity index (χ1) is 10.7. The molecule has 22 heavy (non-hydrogen) atoms. The Morgan fingerprint density at radius 3 is 2.50 bits per heavy atom. The van der Waals surface area contributed by atoms with E-state index in [1.165, 1.54) is 5.56 Å². The molecule has 0 fully saturated rings. The van der Waals surface area contributed by atoms with Crippen LogP contribution in [0.2, 0.25) is 0 Å². The molecule has 0 saturated heterocycles. The number of hydrogen-bond acceptors (Lipinski definition) is 3. The highest BCUT2D eigenvalue weighted by atomic mass is 15.2. The number of fused-ring (bicyclic) bond motifs is 1. The maximum atomic E-state index is 4.66. The van der Waals surface area contributed by atoms with Crippen LogP contribution < -0.4 is 0 Å². The molecule has 0 aliphatic carbocycles. The summed E-state index contributed by atoms with van der Waals surface area (Å²) in [5.41, 5.74) is 4.04. The maximum absolute atomic E-state index is 4.66. The third-order valence-electron chi connectivity index (χ3n) is 3.68.